The van der Waals surface area contributed by atoms with Gasteiger partial charge in [0.1, 0.15) is 11.6 Å². The van der Waals surface area contributed by atoms with Gasteiger partial charge in [-0.05, 0) is 61.8 Å². The summed E-state index contributed by atoms with van der Waals surface area (Å²) in [6, 6.07) is 12.4. The highest BCUT2D eigenvalue weighted by molar-refractivity contribution is 5.75. The van der Waals surface area contributed by atoms with Gasteiger partial charge in [-0.15, -0.1) is 10.2 Å². The van der Waals surface area contributed by atoms with Gasteiger partial charge in [0, 0.05) is 49.5 Å². The van der Waals surface area contributed by atoms with Crippen LogP contribution in [0.25, 0.3) is 11.3 Å². The van der Waals surface area contributed by atoms with E-state index in [1.165, 1.54) is 19.4 Å². The minimum atomic E-state index is 0.181. The number of aromatic nitrogens is 4. The average Bonchev–Trinajstić information content (AvgIpc) is 3.55. The normalized spacial score (nSPS) is 26.1. The maximum atomic E-state index is 10.3. The first kappa shape index (κ1) is 22.3. The number of hydrogen-bond acceptors (Lipinski definition) is 9. The summed E-state index contributed by atoms with van der Waals surface area (Å²) in [4.78, 5) is 16.4. The van der Waals surface area contributed by atoms with Crippen LogP contribution in [0.3, 0.4) is 0 Å². The second kappa shape index (κ2) is 8.89. The Morgan fingerprint density at radius 1 is 1.00 bits per heavy atom. The van der Waals surface area contributed by atoms with Gasteiger partial charge in [-0.2, -0.15) is 0 Å². The number of anilines is 3. The molecule has 3 aromatic rings. The van der Waals surface area contributed by atoms with E-state index in [1.54, 1.807) is 12.1 Å². The minimum Gasteiger partial charge on any atom is -0.507 e. The second-order valence-corrected chi connectivity index (χ2v) is 10.7. The van der Waals surface area contributed by atoms with Crippen molar-refractivity contribution in [2.75, 3.05) is 41.7 Å². The van der Waals surface area contributed by atoms with Crippen molar-refractivity contribution in [2.45, 2.75) is 43.8 Å². The number of rotatable bonds is 4. The predicted molar refractivity (Wildman–Crippen MR) is 142 cm³/mol. The quantitative estimate of drug-likeness (QED) is 0.529. The molecular weight excluding hydrogens is 464 g/mol. The Balaban J connectivity index is 1.09. The SMILES string of the molecule is Nc1nnc(-c2ccccc2O)cc1N1C2CCC1CN(c1ccnc(C#CCN3CC4CC3C4)n1)C2. The molecule has 9 nitrogen and oxygen atoms in total. The highest BCUT2D eigenvalue weighted by Gasteiger charge is 2.42. The summed E-state index contributed by atoms with van der Waals surface area (Å²) < 4.78 is 0. The highest BCUT2D eigenvalue weighted by atomic mass is 16.3. The van der Waals surface area contributed by atoms with E-state index in [9.17, 15) is 5.11 Å². The van der Waals surface area contributed by atoms with Gasteiger partial charge in [0.15, 0.2) is 5.82 Å². The third-order valence-corrected chi connectivity index (χ3v) is 8.41. The third-order valence-electron chi connectivity index (χ3n) is 8.41. The maximum Gasteiger partial charge on any atom is 0.206 e. The van der Waals surface area contributed by atoms with Gasteiger partial charge < -0.3 is 20.6 Å². The lowest BCUT2D eigenvalue weighted by Crippen LogP contribution is -2.54. The van der Waals surface area contributed by atoms with E-state index in [-0.39, 0.29) is 17.8 Å². The molecule has 1 saturated carbocycles. The van der Waals surface area contributed by atoms with Gasteiger partial charge >= 0.3 is 0 Å². The summed E-state index contributed by atoms with van der Waals surface area (Å²) in [6.07, 6.45) is 6.66. The molecule has 2 unspecified atom stereocenters. The smallest absolute Gasteiger partial charge is 0.206 e. The fourth-order valence-corrected chi connectivity index (χ4v) is 6.53. The van der Waals surface area contributed by atoms with Crippen LogP contribution in [0.1, 0.15) is 31.5 Å². The Bertz CT molecular complexity index is 1380. The molecule has 4 saturated heterocycles. The topological polar surface area (TPSA) is 108 Å². The number of phenolic OH excluding ortho intramolecular Hbond substituents is 1. The van der Waals surface area contributed by atoms with E-state index in [2.05, 4.69) is 41.7 Å². The van der Waals surface area contributed by atoms with E-state index < -0.39 is 0 Å². The van der Waals surface area contributed by atoms with Crippen LogP contribution < -0.4 is 15.5 Å². The minimum absolute atomic E-state index is 0.181. The second-order valence-electron chi connectivity index (χ2n) is 10.7. The van der Waals surface area contributed by atoms with Crippen molar-refractivity contribution in [1.82, 2.24) is 25.1 Å². The predicted octanol–water partition coefficient (Wildman–Crippen LogP) is 2.52. The van der Waals surface area contributed by atoms with Crippen molar-refractivity contribution in [2.24, 2.45) is 5.92 Å². The Kier molecular flexibility index (Phi) is 5.36. The lowest BCUT2D eigenvalue weighted by atomic mass is 9.86. The summed E-state index contributed by atoms with van der Waals surface area (Å²) in [5.74, 6) is 9.50. The summed E-state index contributed by atoms with van der Waals surface area (Å²) in [5, 5.41) is 18.8. The fraction of sp³-hybridized carbons (Fsp3) is 0.429. The number of piperazine rings is 1. The zero-order valence-corrected chi connectivity index (χ0v) is 20.7. The van der Waals surface area contributed by atoms with Crippen molar-refractivity contribution in [3.05, 3.63) is 48.4 Å². The monoisotopic (exact) mass is 494 g/mol. The molecule has 0 amide bonds. The molecular formula is C28H30N8O. The van der Waals surface area contributed by atoms with Crippen molar-refractivity contribution < 1.29 is 5.11 Å². The molecule has 9 heteroatoms. The van der Waals surface area contributed by atoms with Gasteiger partial charge in [-0.25, -0.2) is 9.97 Å². The summed E-state index contributed by atoms with van der Waals surface area (Å²) >= 11 is 0. The summed E-state index contributed by atoms with van der Waals surface area (Å²) in [5.41, 5.74) is 8.48. The molecule has 188 valence electrons. The molecule has 4 bridgehead atoms. The Hall–Kier alpha value is -3.90. The van der Waals surface area contributed by atoms with Crippen LogP contribution in [0.4, 0.5) is 17.3 Å². The highest BCUT2D eigenvalue weighted by Crippen LogP contribution is 2.41. The van der Waals surface area contributed by atoms with Crippen LogP contribution in [0.2, 0.25) is 0 Å². The molecule has 1 aromatic carbocycles. The van der Waals surface area contributed by atoms with E-state index in [4.69, 9.17) is 10.7 Å². The molecule has 1 aliphatic carbocycles. The number of hydrogen-bond donors (Lipinski definition) is 2. The standard InChI is InChI=1S/C28H30N8O/c29-28-24(14-23(32-33-28)22-4-1-2-5-25(22)37)36-19-7-8-20(36)17-35(16-19)27-9-10-30-26(31-27)6-3-11-34-15-18-12-21(34)13-18/h1-2,4-5,9-10,14,18-21,37H,7-8,11-13,15-17H2,(H2,29,33). The van der Waals surface area contributed by atoms with Gasteiger partial charge in [0.05, 0.1) is 17.9 Å². The first-order valence-electron chi connectivity index (χ1n) is 13.1. The summed E-state index contributed by atoms with van der Waals surface area (Å²) in [6.45, 7) is 3.68. The lowest BCUT2D eigenvalue weighted by Gasteiger charge is -2.43. The van der Waals surface area contributed by atoms with Crippen LogP contribution >= 0.6 is 0 Å². The zero-order chi connectivity index (χ0) is 24.9. The van der Waals surface area contributed by atoms with Crippen molar-refractivity contribution in [3.8, 4) is 28.8 Å². The van der Waals surface area contributed by atoms with Gasteiger partial charge in [-0.3, -0.25) is 4.90 Å². The number of phenols is 1. The molecule has 2 atom stereocenters. The largest absolute Gasteiger partial charge is 0.507 e. The molecule has 0 radical (unpaired) electrons. The average molecular weight is 495 g/mol. The van der Waals surface area contributed by atoms with Crippen LogP contribution in [0.5, 0.6) is 5.75 Å². The van der Waals surface area contributed by atoms with Crippen molar-refractivity contribution in [1.29, 1.82) is 0 Å². The Labute approximate surface area is 216 Å². The maximum absolute atomic E-state index is 10.3. The number of nitrogens with two attached hydrogens (primary N) is 1. The van der Waals surface area contributed by atoms with Gasteiger partial charge in [0.2, 0.25) is 5.82 Å². The molecule has 5 fully saturated rings. The molecule has 3 N–H and O–H groups in total. The van der Waals surface area contributed by atoms with Crippen LogP contribution in [0.15, 0.2) is 42.6 Å². The molecule has 8 rings (SSSR count). The zero-order valence-electron chi connectivity index (χ0n) is 20.7. The van der Waals surface area contributed by atoms with E-state index in [0.29, 0.717) is 22.9 Å². The lowest BCUT2D eigenvalue weighted by molar-refractivity contribution is 0.268. The molecule has 37 heavy (non-hydrogen) atoms. The van der Waals surface area contributed by atoms with Gasteiger partial charge in [-0.1, -0.05) is 18.1 Å². The first-order chi connectivity index (χ1) is 18.1. The number of aromatic hydroxyl groups is 1. The third kappa shape index (κ3) is 4.02. The van der Waals surface area contributed by atoms with Crippen molar-refractivity contribution in [3.63, 3.8) is 0 Å². The van der Waals surface area contributed by atoms with Gasteiger partial charge in [0.25, 0.3) is 0 Å². The van der Waals surface area contributed by atoms with Crippen LogP contribution in [-0.2, 0) is 0 Å². The molecule has 0 spiro atoms. The van der Waals surface area contributed by atoms with Crippen LogP contribution in [0, 0.1) is 17.8 Å². The van der Waals surface area contributed by atoms with Crippen molar-refractivity contribution >= 4 is 17.3 Å². The number of nitrogens with zero attached hydrogens (tertiary/aromatic N) is 7. The molecule has 5 aliphatic rings. The number of nitrogen functional groups attached to an aromatic ring is 1. The molecule has 6 heterocycles. The van der Waals surface area contributed by atoms with E-state index in [0.717, 1.165) is 55.9 Å². The first-order valence-corrected chi connectivity index (χ1v) is 13.1. The molecule has 2 aromatic heterocycles. The molecule has 4 aliphatic heterocycles. The number of para-hydroxylation sites is 1. The number of fused-ring (bicyclic) bond motifs is 3. The summed E-state index contributed by atoms with van der Waals surface area (Å²) in [7, 11) is 0. The number of benzene rings is 1. The van der Waals surface area contributed by atoms with Crippen LogP contribution in [-0.4, -0.2) is 74.5 Å². The fourth-order valence-electron chi connectivity index (χ4n) is 6.53. The Morgan fingerprint density at radius 3 is 2.57 bits per heavy atom. The van der Waals surface area contributed by atoms with E-state index in [1.807, 2.05) is 30.5 Å². The Morgan fingerprint density at radius 2 is 1.81 bits per heavy atom. The van der Waals surface area contributed by atoms with E-state index >= 15 is 0 Å².